The number of rotatable bonds is 4. The number of likely N-dealkylation sites (N-methyl/N-ethyl adjacent to an activating group) is 1. The van der Waals surface area contributed by atoms with Gasteiger partial charge in [-0.2, -0.15) is 8.78 Å². The van der Waals surface area contributed by atoms with Crippen LogP contribution in [0.25, 0.3) is 0 Å². The van der Waals surface area contributed by atoms with E-state index < -0.39 is 23.5 Å². The molecule has 0 aromatic heterocycles. The minimum Gasteiger partial charge on any atom is -0.465 e. The van der Waals surface area contributed by atoms with Crippen molar-refractivity contribution in [2.24, 2.45) is 0 Å². The van der Waals surface area contributed by atoms with Crippen LogP contribution in [0.5, 0.6) is 0 Å². The fourth-order valence-corrected chi connectivity index (χ4v) is 1.32. The molecule has 0 fully saturated rings. The number of hydroxylamine groups is 2. The Morgan fingerprint density at radius 1 is 1.42 bits per heavy atom. The Morgan fingerprint density at radius 2 is 2.05 bits per heavy atom. The molecular weight excluding hydrogens is 262 g/mol. The summed E-state index contributed by atoms with van der Waals surface area (Å²) in [5.74, 6) is -5.37. The zero-order chi connectivity index (χ0) is 14.6. The van der Waals surface area contributed by atoms with Crippen LogP contribution >= 0.6 is 0 Å². The van der Waals surface area contributed by atoms with E-state index in [1.165, 1.54) is 12.1 Å². The standard InChI is InChI=1S/C11H12F2N2O4/c1-15(19-2)9(16)11(12,13)7-4-3-5-8(6-7)14-10(17)18/h3-6,14H,1-2H3,(H,17,18). The van der Waals surface area contributed by atoms with Gasteiger partial charge in [0.1, 0.15) is 0 Å². The molecule has 1 aromatic carbocycles. The summed E-state index contributed by atoms with van der Waals surface area (Å²) < 4.78 is 27.7. The van der Waals surface area contributed by atoms with Crippen LogP contribution in [0.4, 0.5) is 19.3 Å². The molecule has 2 amide bonds. The average Bonchev–Trinajstić information content (AvgIpc) is 2.36. The number of amides is 2. The molecule has 0 radical (unpaired) electrons. The van der Waals surface area contributed by atoms with Gasteiger partial charge >= 0.3 is 17.9 Å². The number of nitrogens with zero attached hydrogens (tertiary/aromatic N) is 1. The van der Waals surface area contributed by atoms with Crippen molar-refractivity contribution in [3.05, 3.63) is 29.8 Å². The van der Waals surface area contributed by atoms with E-state index in [2.05, 4.69) is 4.84 Å². The van der Waals surface area contributed by atoms with Gasteiger partial charge in [0.05, 0.1) is 7.11 Å². The molecular formula is C11H12F2N2O4. The highest BCUT2D eigenvalue weighted by atomic mass is 19.3. The third kappa shape index (κ3) is 3.38. The number of carbonyl (C=O) groups excluding carboxylic acids is 1. The molecule has 0 saturated carbocycles. The second-order valence-electron chi connectivity index (χ2n) is 3.57. The summed E-state index contributed by atoms with van der Waals surface area (Å²) in [6.45, 7) is 0. The van der Waals surface area contributed by atoms with Gasteiger partial charge in [0.25, 0.3) is 0 Å². The second-order valence-corrected chi connectivity index (χ2v) is 3.57. The van der Waals surface area contributed by atoms with Gasteiger partial charge in [-0.15, -0.1) is 0 Å². The highest BCUT2D eigenvalue weighted by Crippen LogP contribution is 2.31. The number of anilines is 1. The first-order chi connectivity index (χ1) is 8.78. The van der Waals surface area contributed by atoms with Gasteiger partial charge in [0.2, 0.25) is 0 Å². The Bertz CT molecular complexity index is 493. The number of carboxylic acid groups (broad SMARTS) is 1. The van der Waals surface area contributed by atoms with E-state index in [4.69, 9.17) is 5.11 Å². The molecule has 0 atom stereocenters. The van der Waals surface area contributed by atoms with Crippen molar-refractivity contribution in [1.29, 1.82) is 0 Å². The molecule has 2 N–H and O–H groups in total. The number of hydrogen-bond donors (Lipinski definition) is 2. The summed E-state index contributed by atoms with van der Waals surface area (Å²) >= 11 is 0. The lowest BCUT2D eigenvalue weighted by atomic mass is 10.1. The minimum atomic E-state index is -3.82. The Kier molecular flexibility index (Phi) is 4.38. The molecule has 0 aliphatic carbocycles. The molecule has 6 nitrogen and oxygen atoms in total. The van der Waals surface area contributed by atoms with E-state index in [1.54, 1.807) is 0 Å². The summed E-state index contributed by atoms with van der Waals surface area (Å²) in [4.78, 5) is 26.3. The molecule has 104 valence electrons. The maximum Gasteiger partial charge on any atom is 0.409 e. The molecule has 19 heavy (non-hydrogen) atoms. The van der Waals surface area contributed by atoms with Crippen molar-refractivity contribution in [3.63, 3.8) is 0 Å². The van der Waals surface area contributed by atoms with Gasteiger partial charge in [0, 0.05) is 18.3 Å². The lowest BCUT2D eigenvalue weighted by molar-refractivity contribution is -0.195. The molecule has 1 rings (SSSR count). The summed E-state index contributed by atoms with van der Waals surface area (Å²) in [5, 5.41) is 10.8. The van der Waals surface area contributed by atoms with Crippen molar-refractivity contribution < 1.29 is 28.3 Å². The zero-order valence-corrected chi connectivity index (χ0v) is 10.2. The van der Waals surface area contributed by atoms with Gasteiger partial charge < -0.3 is 5.11 Å². The minimum absolute atomic E-state index is 0.0578. The monoisotopic (exact) mass is 274 g/mol. The Morgan fingerprint density at radius 3 is 2.58 bits per heavy atom. The van der Waals surface area contributed by atoms with Crippen LogP contribution in [-0.4, -0.2) is 36.3 Å². The van der Waals surface area contributed by atoms with Crippen LogP contribution in [0.15, 0.2) is 24.3 Å². The Labute approximate surface area is 107 Å². The number of halogens is 2. The Balaban J connectivity index is 3.07. The highest BCUT2D eigenvalue weighted by molar-refractivity contribution is 5.86. The van der Waals surface area contributed by atoms with Crippen molar-refractivity contribution in [3.8, 4) is 0 Å². The highest BCUT2D eigenvalue weighted by Gasteiger charge is 2.43. The normalized spacial score (nSPS) is 10.9. The summed E-state index contributed by atoms with van der Waals surface area (Å²) in [6.07, 6.45) is -1.39. The third-order valence-corrected chi connectivity index (χ3v) is 2.30. The van der Waals surface area contributed by atoms with Gasteiger partial charge in [0.15, 0.2) is 0 Å². The number of alkyl halides is 2. The van der Waals surface area contributed by atoms with Crippen LogP contribution in [0.1, 0.15) is 5.56 Å². The first-order valence-corrected chi connectivity index (χ1v) is 5.09. The third-order valence-electron chi connectivity index (χ3n) is 2.30. The van der Waals surface area contributed by atoms with E-state index in [9.17, 15) is 18.4 Å². The van der Waals surface area contributed by atoms with E-state index in [0.29, 0.717) is 5.06 Å². The molecule has 0 saturated heterocycles. The van der Waals surface area contributed by atoms with Crippen LogP contribution in [-0.2, 0) is 15.6 Å². The van der Waals surface area contributed by atoms with Gasteiger partial charge in [-0.25, -0.2) is 9.86 Å². The number of nitrogens with one attached hydrogen (secondary N) is 1. The summed E-state index contributed by atoms with van der Waals surface area (Å²) in [7, 11) is 2.13. The topological polar surface area (TPSA) is 78.9 Å². The van der Waals surface area contributed by atoms with Crippen molar-refractivity contribution in [2.45, 2.75) is 5.92 Å². The van der Waals surface area contributed by atoms with E-state index in [-0.39, 0.29) is 5.69 Å². The molecule has 8 heteroatoms. The quantitative estimate of drug-likeness (QED) is 0.822. The van der Waals surface area contributed by atoms with Crippen molar-refractivity contribution >= 4 is 17.7 Å². The predicted octanol–water partition coefficient (Wildman–Crippen LogP) is 1.89. The molecule has 0 unspecified atom stereocenters. The Hall–Kier alpha value is -2.22. The number of carbonyl (C=O) groups is 2. The maximum absolute atomic E-state index is 13.9. The molecule has 0 aliphatic rings. The molecule has 1 aromatic rings. The van der Waals surface area contributed by atoms with Gasteiger partial charge in [-0.05, 0) is 12.1 Å². The molecule has 0 bridgehead atoms. The summed E-state index contributed by atoms with van der Waals surface area (Å²) in [6, 6.07) is 4.41. The van der Waals surface area contributed by atoms with Crippen LogP contribution in [0, 0.1) is 0 Å². The fraction of sp³-hybridized carbons (Fsp3) is 0.273. The molecule has 0 spiro atoms. The van der Waals surface area contributed by atoms with Crippen LogP contribution < -0.4 is 5.32 Å². The van der Waals surface area contributed by atoms with Gasteiger partial charge in [-0.3, -0.25) is 14.9 Å². The zero-order valence-electron chi connectivity index (χ0n) is 10.2. The fourth-order valence-electron chi connectivity index (χ4n) is 1.32. The van der Waals surface area contributed by atoms with Crippen LogP contribution in [0.3, 0.4) is 0 Å². The SMILES string of the molecule is CON(C)C(=O)C(F)(F)c1cccc(NC(=O)O)c1. The lowest BCUT2D eigenvalue weighted by Crippen LogP contribution is -2.38. The first kappa shape index (κ1) is 14.8. The summed E-state index contributed by atoms with van der Waals surface area (Å²) in [5.41, 5.74) is -0.690. The largest absolute Gasteiger partial charge is 0.465 e. The molecule has 0 heterocycles. The maximum atomic E-state index is 13.9. The molecule has 0 aliphatic heterocycles. The van der Waals surface area contributed by atoms with E-state index >= 15 is 0 Å². The second kappa shape index (κ2) is 5.61. The number of benzene rings is 1. The predicted molar refractivity (Wildman–Crippen MR) is 61.8 cm³/mol. The van der Waals surface area contributed by atoms with E-state index in [0.717, 1.165) is 26.3 Å². The van der Waals surface area contributed by atoms with Gasteiger partial charge in [-0.1, -0.05) is 12.1 Å². The number of hydrogen-bond acceptors (Lipinski definition) is 3. The smallest absolute Gasteiger partial charge is 0.409 e. The average molecular weight is 274 g/mol. The van der Waals surface area contributed by atoms with Crippen molar-refractivity contribution in [1.82, 2.24) is 5.06 Å². The van der Waals surface area contributed by atoms with Crippen molar-refractivity contribution in [2.75, 3.05) is 19.5 Å². The first-order valence-electron chi connectivity index (χ1n) is 5.09. The van der Waals surface area contributed by atoms with E-state index in [1.807, 2.05) is 5.32 Å². The lowest BCUT2D eigenvalue weighted by Gasteiger charge is -2.21. The van der Waals surface area contributed by atoms with Crippen LogP contribution in [0.2, 0.25) is 0 Å².